The first-order valence-electron chi connectivity index (χ1n) is 7.36. The molecule has 128 valence electrons. The Morgan fingerprint density at radius 3 is 2.84 bits per heavy atom. The minimum absolute atomic E-state index is 0.0000485. The van der Waals surface area contributed by atoms with Gasteiger partial charge in [0.15, 0.2) is 5.69 Å². The maximum atomic E-state index is 12.0. The molecule has 0 fully saturated rings. The van der Waals surface area contributed by atoms with E-state index in [1.165, 1.54) is 29.3 Å². The molecule has 3 rings (SSSR count). The number of carbonyl (C=O) groups excluding carboxylic acids is 1. The Morgan fingerprint density at radius 1 is 1.32 bits per heavy atom. The normalized spacial score (nSPS) is 10.8. The van der Waals surface area contributed by atoms with Crippen molar-refractivity contribution in [1.29, 1.82) is 0 Å². The predicted molar refractivity (Wildman–Crippen MR) is 87.6 cm³/mol. The summed E-state index contributed by atoms with van der Waals surface area (Å²) in [4.78, 5) is 35.9. The number of nitrogens with two attached hydrogens (primary N) is 1. The molecule has 0 atom stereocenters. The van der Waals surface area contributed by atoms with Crippen LogP contribution in [-0.2, 0) is 11.3 Å². The van der Waals surface area contributed by atoms with Crippen LogP contribution in [0.15, 0.2) is 46.2 Å². The SMILES string of the molecule is COCCn1cc(-c2nc(C(N)=O)cnc2-c2ncco2)ccc1=O. The van der Waals surface area contributed by atoms with Gasteiger partial charge in [0, 0.05) is 31.5 Å². The van der Waals surface area contributed by atoms with Crippen LogP contribution in [0.4, 0.5) is 0 Å². The Hall–Kier alpha value is -3.33. The molecule has 0 radical (unpaired) electrons. The summed E-state index contributed by atoms with van der Waals surface area (Å²) in [5.74, 6) is -0.464. The molecule has 0 aromatic carbocycles. The summed E-state index contributed by atoms with van der Waals surface area (Å²) < 4.78 is 11.8. The lowest BCUT2D eigenvalue weighted by Crippen LogP contribution is -2.21. The number of ether oxygens (including phenoxy) is 1. The molecular formula is C16H15N5O4. The summed E-state index contributed by atoms with van der Waals surface area (Å²) in [7, 11) is 1.55. The number of hydrogen-bond acceptors (Lipinski definition) is 7. The van der Waals surface area contributed by atoms with Crippen LogP contribution >= 0.6 is 0 Å². The van der Waals surface area contributed by atoms with Crippen molar-refractivity contribution < 1.29 is 13.9 Å². The van der Waals surface area contributed by atoms with E-state index >= 15 is 0 Å². The first-order valence-corrected chi connectivity index (χ1v) is 7.36. The Kier molecular flexibility index (Phi) is 4.66. The average Bonchev–Trinajstić information content (AvgIpc) is 3.15. The van der Waals surface area contributed by atoms with E-state index in [2.05, 4.69) is 15.0 Å². The maximum Gasteiger partial charge on any atom is 0.268 e. The Bertz CT molecular complexity index is 949. The summed E-state index contributed by atoms with van der Waals surface area (Å²) in [6, 6.07) is 3.00. The van der Waals surface area contributed by atoms with E-state index in [1.807, 2.05) is 0 Å². The van der Waals surface area contributed by atoms with E-state index in [0.29, 0.717) is 30.1 Å². The molecule has 0 saturated heterocycles. The summed E-state index contributed by atoms with van der Waals surface area (Å²) in [6.45, 7) is 0.753. The number of carbonyl (C=O) groups is 1. The second-order valence-corrected chi connectivity index (χ2v) is 5.10. The quantitative estimate of drug-likeness (QED) is 0.699. The molecular weight excluding hydrogens is 326 g/mol. The number of amides is 1. The monoisotopic (exact) mass is 341 g/mol. The van der Waals surface area contributed by atoms with Gasteiger partial charge in [0.05, 0.1) is 19.0 Å². The van der Waals surface area contributed by atoms with Crippen molar-refractivity contribution in [3.05, 3.63) is 53.0 Å². The van der Waals surface area contributed by atoms with Crippen LogP contribution in [0.2, 0.25) is 0 Å². The third-order valence-electron chi connectivity index (χ3n) is 3.45. The van der Waals surface area contributed by atoms with Crippen LogP contribution in [-0.4, -0.2) is 39.1 Å². The fourth-order valence-corrected chi connectivity index (χ4v) is 2.24. The lowest BCUT2D eigenvalue weighted by atomic mass is 10.1. The molecule has 9 heteroatoms. The van der Waals surface area contributed by atoms with E-state index in [-0.39, 0.29) is 17.1 Å². The highest BCUT2D eigenvalue weighted by molar-refractivity contribution is 5.91. The standard InChI is InChI=1S/C16H15N5O4/c1-24-7-5-21-9-10(2-3-12(21)22)13-14(16-18-4-6-25-16)19-8-11(20-13)15(17)23/h2-4,6,8-9H,5,7H2,1H3,(H2,17,23). The summed E-state index contributed by atoms with van der Waals surface area (Å²) >= 11 is 0. The van der Waals surface area contributed by atoms with Gasteiger partial charge in [0.25, 0.3) is 11.5 Å². The first kappa shape index (κ1) is 16.5. The molecule has 2 N–H and O–H groups in total. The van der Waals surface area contributed by atoms with E-state index in [9.17, 15) is 9.59 Å². The topological polar surface area (TPSA) is 126 Å². The van der Waals surface area contributed by atoms with Crippen molar-refractivity contribution >= 4 is 5.91 Å². The minimum atomic E-state index is -0.708. The van der Waals surface area contributed by atoms with Crippen LogP contribution in [0, 0.1) is 0 Å². The fraction of sp³-hybridized carbons (Fsp3) is 0.188. The smallest absolute Gasteiger partial charge is 0.268 e. The Morgan fingerprint density at radius 2 is 2.16 bits per heavy atom. The number of hydrogen-bond donors (Lipinski definition) is 1. The number of rotatable bonds is 6. The van der Waals surface area contributed by atoms with Gasteiger partial charge < -0.3 is 19.5 Å². The fourth-order valence-electron chi connectivity index (χ4n) is 2.24. The predicted octanol–water partition coefficient (Wildman–Crippen LogP) is 0.706. The summed E-state index contributed by atoms with van der Waals surface area (Å²) in [6.07, 6.45) is 5.75. The molecule has 25 heavy (non-hydrogen) atoms. The van der Waals surface area contributed by atoms with Crippen molar-refractivity contribution in [2.45, 2.75) is 6.54 Å². The van der Waals surface area contributed by atoms with Crippen LogP contribution in [0.3, 0.4) is 0 Å². The second-order valence-electron chi connectivity index (χ2n) is 5.10. The Balaban J connectivity index is 2.16. The lowest BCUT2D eigenvalue weighted by Gasteiger charge is -2.10. The molecule has 0 spiro atoms. The molecule has 1 amide bonds. The number of primary amides is 1. The highest BCUT2D eigenvalue weighted by Gasteiger charge is 2.18. The maximum absolute atomic E-state index is 12.0. The van der Waals surface area contributed by atoms with Crippen molar-refractivity contribution in [2.75, 3.05) is 13.7 Å². The summed E-state index contributed by atoms with van der Waals surface area (Å²) in [5.41, 5.74) is 6.36. The third kappa shape index (κ3) is 3.45. The van der Waals surface area contributed by atoms with Gasteiger partial charge in [-0.2, -0.15) is 0 Å². The van der Waals surface area contributed by atoms with Crippen molar-refractivity contribution in [2.24, 2.45) is 5.73 Å². The van der Waals surface area contributed by atoms with Gasteiger partial charge in [0.2, 0.25) is 5.89 Å². The highest BCUT2D eigenvalue weighted by Crippen LogP contribution is 2.27. The molecule has 3 aromatic heterocycles. The number of nitrogens with zero attached hydrogens (tertiary/aromatic N) is 4. The summed E-state index contributed by atoms with van der Waals surface area (Å²) in [5, 5.41) is 0. The lowest BCUT2D eigenvalue weighted by molar-refractivity contribution is 0.0995. The minimum Gasteiger partial charge on any atom is -0.443 e. The van der Waals surface area contributed by atoms with Gasteiger partial charge in [-0.05, 0) is 6.07 Å². The van der Waals surface area contributed by atoms with Gasteiger partial charge >= 0.3 is 0 Å². The zero-order valence-corrected chi connectivity index (χ0v) is 13.4. The molecule has 0 aliphatic rings. The molecule has 0 aliphatic heterocycles. The molecule has 9 nitrogen and oxygen atoms in total. The third-order valence-corrected chi connectivity index (χ3v) is 3.45. The number of aromatic nitrogens is 4. The van der Waals surface area contributed by atoms with Gasteiger partial charge in [0.1, 0.15) is 17.7 Å². The zero-order chi connectivity index (χ0) is 17.8. The van der Waals surface area contributed by atoms with Gasteiger partial charge in [-0.15, -0.1) is 0 Å². The number of methoxy groups -OCH3 is 1. The molecule has 3 heterocycles. The van der Waals surface area contributed by atoms with Gasteiger partial charge in [-0.25, -0.2) is 15.0 Å². The van der Waals surface area contributed by atoms with Crippen LogP contribution in [0.25, 0.3) is 22.8 Å². The van der Waals surface area contributed by atoms with Crippen LogP contribution < -0.4 is 11.3 Å². The van der Waals surface area contributed by atoms with E-state index in [0.717, 1.165) is 0 Å². The zero-order valence-electron chi connectivity index (χ0n) is 13.4. The van der Waals surface area contributed by atoms with E-state index in [4.69, 9.17) is 14.9 Å². The number of pyridine rings is 1. The second kappa shape index (κ2) is 7.05. The van der Waals surface area contributed by atoms with Crippen molar-refractivity contribution in [1.82, 2.24) is 19.5 Å². The molecule has 0 aliphatic carbocycles. The average molecular weight is 341 g/mol. The van der Waals surface area contributed by atoms with Crippen molar-refractivity contribution in [3.63, 3.8) is 0 Å². The van der Waals surface area contributed by atoms with Crippen molar-refractivity contribution in [3.8, 4) is 22.8 Å². The Labute approximate surface area is 142 Å². The number of oxazole rings is 1. The molecule has 0 bridgehead atoms. The molecule has 3 aromatic rings. The van der Waals surface area contributed by atoms with Gasteiger partial charge in [-0.3, -0.25) is 9.59 Å². The largest absolute Gasteiger partial charge is 0.443 e. The van der Waals surface area contributed by atoms with Crippen LogP contribution in [0.1, 0.15) is 10.5 Å². The van der Waals surface area contributed by atoms with Gasteiger partial charge in [-0.1, -0.05) is 0 Å². The van der Waals surface area contributed by atoms with E-state index in [1.54, 1.807) is 19.4 Å². The van der Waals surface area contributed by atoms with Crippen LogP contribution in [0.5, 0.6) is 0 Å². The first-order chi connectivity index (χ1) is 12.1. The molecule has 0 saturated carbocycles. The van der Waals surface area contributed by atoms with E-state index < -0.39 is 5.91 Å². The molecule has 0 unspecified atom stereocenters. The highest BCUT2D eigenvalue weighted by atomic mass is 16.5.